The fourth-order valence-electron chi connectivity index (χ4n) is 3.73. The van der Waals surface area contributed by atoms with Gasteiger partial charge in [-0.15, -0.1) is 0 Å². The Morgan fingerprint density at radius 1 is 1.14 bits per heavy atom. The van der Waals surface area contributed by atoms with E-state index in [0.717, 1.165) is 24.3 Å². The number of likely N-dealkylation sites (tertiary alicyclic amines) is 1. The first-order chi connectivity index (χ1) is 14.2. The Balaban J connectivity index is 1.39. The molecule has 1 unspecified atom stereocenters. The maximum atomic E-state index is 12.3. The smallest absolute Gasteiger partial charge is 0.271 e. The first-order valence-electron chi connectivity index (χ1n) is 10.2. The molecule has 0 radical (unpaired) electrons. The fraction of sp³-hybridized carbons (Fsp3) is 0.348. The van der Waals surface area contributed by atoms with E-state index in [-0.39, 0.29) is 5.56 Å². The highest BCUT2D eigenvalue weighted by molar-refractivity contribution is 5.56. The molecule has 0 N–H and O–H groups in total. The van der Waals surface area contributed by atoms with Crippen molar-refractivity contribution in [3.8, 4) is 22.7 Å². The van der Waals surface area contributed by atoms with E-state index < -0.39 is 0 Å². The van der Waals surface area contributed by atoms with Gasteiger partial charge in [-0.05, 0) is 75.2 Å². The van der Waals surface area contributed by atoms with Crippen molar-refractivity contribution in [3.63, 3.8) is 0 Å². The molecule has 1 aliphatic heterocycles. The van der Waals surface area contributed by atoms with Crippen molar-refractivity contribution in [3.05, 3.63) is 71.3 Å². The molecule has 4 rings (SSSR count). The molecular weight excluding hydrogens is 364 g/mol. The third kappa shape index (κ3) is 4.71. The van der Waals surface area contributed by atoms with Crippen molar-refractivity contribution in [1.82, 2.24) is 19.7 Å². The van der Waals surface area contributed by atoms with E-state index in [0.29, 0.717) is 24.0 Å². The van der Waals surface area contributed by atoms with Gasteiger partial charge in [-0.3, -0.25) is 9.78 Å². The molecule has 1 saturated heterocycles. The molecule has 3 aromatic rings. The Morgan fingerprint density at radius 3 is 2.72 bits per heavy atom. The normalized spacial score (nSPS) is 16.8. The number of pyridine rings is 1. The highest BCUT2D eigenvalue weighted by atomic mass is 16.5. The SMILES string of the molecule is CC1CCCN1CCCOc1ccc(-n2nc(-c3cccnc3)ccc2=O)cc1. The number of rotatable bonds is 7. The second kappa shape index (κ2) is 9.01. The number of hydrogen-bond acceptors (Lipinski definition) is 5. The summed E-state index contributed by atoms with van der Waals surface area (Å²) in [5, 5.41) is 4.49. The molecule has 0 bridgehead atoms. The van der Waals surface area contributed by atoms with E-state index in [9.17, 15) is 4.79 Å². The van der Waals surface area contributed by atoms with E-state index >= 15 is 0 Å². The summed E-state index contributed by atoms with van der Waals surface area (Å²) in [6, 6.07) is 15.2. The molecule has 29 heavy (non-hydrogen) atoms. The minimum Gasteiger partial charge on any atom is -0.494 e. The average molecular weight is 390 g/mol. The Hall–Kier alpha value is -2.99. The predicted octanol–water partition coefficient (Wildman–Crippen LogP) is 3.55. The average Bonchev–Trinajstić information content (AvgIpc) is 3.17. The summed E-state index contributed by atoms with van der Waals surface area (Å²) in [7, 11) is 0. The molecule has 0 aliphatic carbocycles. The number of benzene rings is 1. The van der Waals surface area contributed by atoms with E-state index in [2.05, 4.69) is 21.9 Å². The fourth-order valence-corrected chi connectivity index (χ4v) is 3.73. The van der Waals surface area contributed by atoms with Crippen molar-refractivity contribution in [2.75, 3.05) is 19.7 Å². The molecule has 1 fully saturated rings. The summed E-state index contributed by atoms with van der Waals surface area (Å²) in [5.41, 5.74) is 2.10. The highest BCUT2D eigenvalue weighted by Gasteiger charge is 2.19. The molecule has 0 spiro atoms. The van der Waals surface area contributed by atoms with Gasteiger partial charge < -0.3 is 9.64 Å². The zero-order valence-electron chi connectivity index (χ0n) is 16.7. The summed E-state index contributed by atoms with van der Waals surface area (Å²) < 4.78 is 7.28. The second-order valence-corrected chi connectivity index (χ2v) is 7.43. The van der Waals surface area contributed by atoms with E-state index in [4.69, 9.17) is 4.74 Å². The monoisotopic (exact) mass is 390 g/mol. The Labute approximate surface area is 170 Å². The lowest BCUT2D eigenvalue weighted by molar-refractivity contribution is 0.230. The largest absolute Gasteiger partial charge is 0.494 e. The first kappa shape index (κ1) is 19.3. The second-order valence-electron chi connectivity index (χ2n) is 7.43. The third-order valence-electron chi connectivity index (χ3n) is 5.39. The third-order valence-corrected chi connectivity index (χ3v) is 5.39. The number of ether oxygens (including phenoxy) is 1. The van der Waals surface area contributed by atoms with Gasteiger partial charge in [0.25, 0.3) is 5.56 Å². The lowest BCUT2D eigenvalue weighted by Crippen LogP contribution is -2.28. The molecule has 3 heterocycles. The van der Waals surface area contributed by atoms with Crippen LogP contribution >= 0.6 is 0 Å². The van der Waals surface area contributed by atoms with Crippen LogP contribution in [0.1, 0.15) is 26.2 Å². The van der Waals surface area contributed by atoms with Crippen LogP contribution in [0.25, 0.3) is 16.9 Å². The van der Waals surface area contributed by atoms with Gasteiger partial charge >= 0.3 is 0 Å². The number of aromatic nitrogens is 3. The van der Waals surface area contributed by atoms with E-state index in [1.54, 1.807) is 18.5 Å². The van der Waals surface area contributed by atoms with Gasteiger partial charge in [0, 0.05) is 36.6 Å². The molecule has 0 saturated carbocycles. The molecule has 1 aliphatic rings. The van der Waals surface area contributed by atoms with Gasteiger partial charge in [0.05, 0.1) is 18.0 Å². The van der Waals surface area contributed by atoms with Crippen molar-refractivity contribution in [2.45, 2.75) is 32.2 Å². The standard InChI is InChI=1S/C23H26N4O2/c1-18-5-3-14-26(18)15-4-16-29-21-9-7-20(8-10-21)27-23(28)12-11-22(25-27)19-6-2-13-24-17-19/h2,6-13,17-18H,3-5,14-16H2,1H3. The highest BCUT2D eigenvalue weighted by Crippen LogP contribution is 2.18. The quantitative estimate of drug-likeness (QED) is 0.578. The molecule has 0 amide bonds. The van der Waals surface area contributed by atoms with Crippen LogP contribution in [0.15, 0.2) is 65.7 Å². The van der Waals surface area contributed by atoms with Crippen LogP contribution in [0.2, 0.25) is 0 Å². The van der Waals surface area contributed by atoms with Crippen molar-refractivity contribution >= 4 is 0 Å². The molecule has 1 atom stereocenters. The van der Waals surface area contributed by atoms with Crippen molar-refractivity contribution in [1.29, 1.82) is 0 Å². The summed E-state index contributed by atoms with van der Waals surface area (Å²) in [4.78, 5) is 18.9. The van der Waals surface area contributed by atoms with Gasteiger partial charge in [0.15, 0.2) is 0 Å². The molecule has 1 aromatic carbocycles. The predicted molar refractivity (Wildman–Crippen MR) is 113 cm³/mol. The summed E-state index contributed by atoms with van der Waals surface area (Å²) in [6.45, 7) is 5.28. The van der Waals surface area contributed by atoms with Gasteiger partial charge in [0.2, 0.25) is 0 Å². The van der Waals surface area contributed by atoms with Gasteiger partial charge in [-0.25, -0.2) is 0 Å². The topological polar surface area (TPSA) is 60.2 Å². The molecule has 2 aromatic heterocycles. The van der Waals surface area contributed by atoms with Crippen LogP contribution in [0.3, 0.4) is 0 Å². The Kier molecular flexibility index (Phi) is 6.00. The van der Waals surface area contributed by atoms with Gasteiger partial charge in [-0.2, -0.15) is 9.78 Å². The van der Waals surface area contributed by atoms with E-state index in [1.165, 1.54) is 30.1 Å². The van der Waals surface area contributed by atoms with Crippen LogP contribution in [-0.4, -0.2) is 45.4 Å². The lowest BCUT2D eigenvalue weighted by Gasteiger charge is -2.20. The van der Waals surface area contributed by atoms with Crippen LogP contribution in [0.5, 0.6) is 5.75 Å². The van der Waals surface area contributed by atoms with E-state index in [1.807, 2.05) is 36.4 Å². The summed E-state index contributed by atoms with van der Waals surface area (Å²) >= 11 is 0. The number of nitrogens with zero attached hydrogens (tertiary/aromatic N) is 4. The zero-order chi connectivity index (χ0) is 20.1. The molecule has 150 valence electrons. The van der Waals surface area contributed by atoms with Crippen LogP contribution in [0, 0.1) is 0 Å². The van der Waals surface area contributed by atoms with Crippen LogP contribution < -0.4 is 10.3 Å². The summed E-state index contributed by atoms with van der Waals surface area (Å²) in [5.74, 6) is 0.805. The summed E-state index contributed by atoms with van der Waals surface area (Å²) in [6.07, 6.45) is 7.07. The minimum atomic E-state index is -0.175. The maximum Gasteiger partial charge on any atom is 0.271 e. The lowest BCUT2D eigenvalue weighted by atomic mass is 10.2. The molecule has 6 nitrogen and oxygen atoms in total. The molecular formula is C23H26N4O2. The first-order valence-corrected chi connectivity index (χ1v) is 10.2. The molecule has 6 heteroatoms. The number of hydrogen-bond donors (Lipinski definition) is 0. The van der Waals surface area contributed by atoms with Crippen LogP contribution in [-0.2, 0) is 0 Å². The maximum absolute atomic E-state index is 12.3. The Morgan fingerprint density at radius 2 is 2.00 bits per heavy atom. The minimum absolute atomic E-state index is 0.175. The zero-order valence-corrected chi connectivity index (χ0v) is 16.7. The Bertz CT molecular complexity index is 986. The van der Waals surface area contributed by atoms with Gasteiger partial charge in [0.1, 0.15) is 5.75 Å². The van der Waals surface area contributed by atoms with Gasteiger partial charge in [-0.1, -0.05) is 0 Å². The van der Waals surface area contributed by atoms with Crippen molar-refractivity contribution in [2.24, 2.45) is 0 Å². The van der Waals surface area contributed by atoms with Crippen molar-refractivity contribution < 1.29 is 4.74 Å². The van der Waals surface area contributed by atoms with Crippen LogP contribution in [0.4, 0.5) is 0 Å².